The molecule has 0 N–H and O–H groups in total. The van der Waals surface area contributed by atoms with Crippen LogP contribution in [0, 0.1) is 0 Å². The second kappa shape index (κ2) is 14.7. The third kappa shape index (κ3) is 9.60. The molecule has 32 heavy (non-hydrogen) atoms. The Balaban J connectivity index is 1.62. The highest BCUT2D eigenvalue weighted by Crippen LogP contribution is 2.26. The Labute approximate surface area is 193 Å². The molecule has 0 amide bonds. The van der Waals surface area contributed by atoms with Gasteiger partial charge in [0.1, 0.15) is 13.2 Å². The molecule has 8 nitrogen and oxygen atoms in total. The first-order valence-corrected chi connectivity index (χ1v) is 12.0. The van der Waals surface area contributed by atoms with Gasteiger partial charge < -0.3 is 28.7 Å². The molecule has 0 saturated carbocycles. The second-order valence-corrected chi connectivity index (χ2v) is 8.66. The molecule has 0 aliphatic carbocycles. The molecule has 3 aliphatic heterocycles. The molecule has 1 saturated heterocycles. The summed E-state index contributed by atoms with van der Waals surface area (Å²) in [6.45, 7) is 13.9. The fourth-order valence-electron chi connectivity index (χ4n) is 3.81. The summed E-state index contributed by atoms with van der Waals surface area (Å²) in [5, 5.41) is 0. The minimum absolute atomic E-state index is 0.638. The van der Waals surface area contributed by atoms with Gasteiger partial charge in [0.05, 0.1) is 26.4 Å². The smallest absolute Gasteiger partial charge is 0.161 e. The molecule has 8 heteroatoms. The molecule has 1 fully saturated rings. The first-order chi connectivity index (χ1) is 15.7. The van der Waals surface area contributed by atoms with Crippen molar-refractivity contribution in [3.63, 3.8) is 0 Å². The number of hydrogen-bond donors (Lipinski definition) is 0. The van der Waals surface area contributed by atoms with Crippen LogP contribution in [0.3, 0.4) is 0 Å². The maximum atomic E-state index is 6.06. The van der Waals surface area contributed by atoms with Gasteiger partial charge in [-0.2, -0.15) is 0 Å². The minimum atomic E-state index is 0.638. The van der Waals surface area contributed by atoms with E-state index in [9.17, 15) is 0 Å². The number of para-hydroxylation sites is 2. The highest BCUT2D eigenvalue weighted by molar-refractivity contribution is 5.39. The van der Waals surface area contributed by atoms with E-state index >= 15 is 0 Å². The van der Waals surface area contributed by atoms with Crippen LogP contribution < -0.4 is 9.47 Å². The van der Waals surface area contributed by atoms with Crippen molar-refractivity contribution >= 4 is 0 Å². The SMILES string of the molecule is CN1CCOc2ccccc2OCCN(C)CCN2CCOCCN(CCOCC2)CC1. The largest absolute Gasteiger partial charge is 0.488 e. The zero-order valence-electron chi connectivity index (χ0n) is 20.0. The molecular weight excluding hydrogens is 408 g/mol. The molecule has 0 radical (unpaired) electrons. The summed E-state index contributed by atoms with van der Waals surface area (Å²) in [5.74, 6) is 1.64. The topological polar surface area (TPSA) is 49.9 Å². The van der Waals surface area contributed by atoms with Gasteiger partial charge >= 0.3 is 0 Å². The van der Waals surface area contributed by atoms with Crippen LogP contribution >= 0.6 is 0 Å². The second-order valence-electron chi connectivity index (χ2n) is 8.66. The standard InChI is InChI=1S/C24H42N4O4/c1-25-7-9-27-13-17-29-19-15-28(16-20-30-18-14-27)10-8-26(2)12-22-32-24-6-4-3-5-23(24)31-21-11-25/h3-6H,7-22H2,1-2H3. The zero-order valence-corrected chi connectivity index (χ0v) is 20.0. The van der Waals surface area contributed by atoms with E-state index in [-0.39, 0.29) is 0 Å². The summed E-state index contributed by atoms with van der Waals surface area (Å²) < 4.78 is 24.0. The summed E-state index contributed by atoms with van der Waals surface area (Å²) in [6, 6.07) is 7.97. The molecule has 182 valence electrons. The van der Waals surface area contributed by atoms with Gasteiger partial charge in [0.2, 0.25) is 0 Å². The molecular formula is C24H42N4O4. The predicted molar refractivity (Wildman–Crippen MR) is 127 cm³/mol. The quantitative estimate of drug-likeness (QED) is 0.580. The van der Waals surface area contributed by atoms with Crippen LogP contribution in [0.2, 0.25) is 0 Å². The number of ether oxygens (including phenoxy) is 4. The molecule has 3 aliphatic rings. The van der Waals surface area contributed by atoms with Gasteiger partial charge in [-0.3, -0.25) is 9.80 Å². The van der Waals surface area contributed by atoms with Gasteiger partial charge in [0.15, 0.2) is 11.5 Å². The Morgan fingerprint density at radius 2 is 0.906 bits per heavy atom. The Kier molecular flexibility index (Phi) is 11.6. The molecule has 2 bridgehead atoms. The van der Waals surface area contributed by atoms with Crippen molar-refractivity contribution in [1.82, 2.24) is 19.6 Å². The van der Waals surface area contributed by atoms with E-state index in [1.165, 1.54) is 0 Å². The number of fused-ring (bicyclic) bond motifs is 18. The summed E-state index contributed by atoms with van der Waals surface area (Å²) in [5.41, 5.74) is 0. The molecule has 1 aromatic rings. The van der Waals surface area contributed by atoms with E-state index in [4.69, 9.17) is 18.9 Å². The van der Waals surface area contributed by atoms with Crippen molar-refractivity contribution in [3.8, 4) is 11.5 Å². The predicted octanol–water partition coefficient (Wildman–Crippen LogP) is 0.972. The van der Waals surface area contributed by atoms with E-state index in [1.807, 2.05) is 24.3 Å². The van der Waals surface area contributed by atoms with Crippen LogP contribution in [-0.2, 0) is 9.47 Å². The van der Waals surface area contributed by atoms with Crippen LogP contribution in [-0.4, -0.2) is 139 Å². The fraction of sp³-hybridized carbons (Fsp3) is 0.750. The van der Waals surface area contributed by atoms with Crippen molar-refractivity contribution in [1.29, 1.82) is 0 Å². The van der Waals surface area contributed by atoms with E-state index in [0.29, 0.717) is 13.2 Å². The van der Waals surface area contributed by atoms with Crippen LogP contribution in [0.25, 0.3) is 0 Å². The van der Waals surface area contributed by atoms with E-state index in [2.05, 4.69) is 33.7 Å². The lowest BCUT2D eigenvalue weighted by molar-refractivity contribution is 0.0342. The summed E-state index contributed by atoms with van der Waals surface area (Å²) >= 11 is 0. The molecule has 1 aromatic carbocycles. The first kappa shape index (κ1) is 25.2. The van der Waals surface area contributed by atoms with E-state index in [1.54, 1.807) is 0 Å². The third-order valence-corrected chi connectivity index (χ3v) is 6.11. The van der Waals surface area contributed by atoms with Gasteiger partial charge in [-0.05, 0) is 26.2 Å². The minimum Gasteiger partial charge on any atom is -0.488 e. The van der Waals surface area contributed by atoms with Crippen LogP contribution in [0.4, 0.5) is 0 Å². The maximum absolute atomic E-state index is 6.06. The first-order valence-electron chi connectivity index (χ1n) is 12.0. The molecule has 4 rings (SSSR count). The van der Waals surface area contributed by atoms with Crippen LogP contribution in [0.5, 0.6) is 11.5 Å². The van der Waals surface area contributed by atoms with Gasteiger partial charge in [-0.15, -0.1) is 0 Å². The number of nitrogens with zero attached hydrogens (tertiary/aromatic N) is 4. The van der Waals surface area contributed by atoms with Crippen molar-refractivity contribution in [2.45, 2.75) is 0 Å². The van der Waals surface area contributed by atoms with Gasteiger partial charge in [0, 0.05) is 65.4 Å². The normalized spacial score (nSPS) is 26.9. The van der Waals surface area contributed by atoms with E-state index < -0.39 is 0 Å². The van der Waals surface area contributed by atoms with Crippen LogP contribution in [0.1, 0.15) is 0 Å². The third-order valence-electron chi connectivity index (χ3n) is 6.11. The van der Waals surface area contributed by atoms with Crippen molar-refractivity contribution in [2.24, 2.45) is 0 Å². The molecule has 0 atom stereocenters. The lowest BCUT2D eigenvalue weighted by Crippen LogP contribution is -2.41. The Hall–Kier alpha value is -1.42. The summed E-state index contributed by atoms with van der Waals surface area (Å²) in [4.78, 5) is 9.52. The highest BCUT2D eigenvalue weighted by Gasteiger charge is 2.12. The Morgan fingerprint density at radius 1 is 0.500 bits per heavy atom. The van der Waals surface area contributed by atoms with Crippen molar-refractivity contribution in [3.05, 3.63) is 24.3 Å². The lowest BCUT2D eigenvalue weighted by atomic mass is 10.3. The zero-order chi connectivity index (χ0) is 22.4. The summed E-state index contributed by atoms with van der Waals surface area (Å²) in [7, 11) is 4.30. The van der Waals surface area contributed by atoms with Gasteiger partial charge in [0.25, 0.3) is 0 Å². The number of rotatable bonds is 0. The summed E-state index contributed by atoms with van der Waals surface area (Å²) in [6.07, 6.45) is 0. The monoisotopic (exact) mass is 450 g/mol. The van der Waals surface area contributed by atoms with Gasteiger partial charge in [-0.25, -0.2) is 0 Å². The number of benzene rings is 1. The highest BCUT2D eigenvalue weighted by atomic mass is 16.5. The lowest BCUT2D eigenvalue weighted by Gasteiger charge is -2.28. The van der Waals surface area contributed by atoms with Crippen LogP contribution in [0.15, 0.2) is 24.3 Å². The Morgan fingerprint density at radius 3 is 1.31 bits per heavy atom. The van der Waals surface area contributed by atoms with Crippen molar-refractivity contribution < 1.29 is 18.9 Å². The Bertz CT molecular complexity index is 571. The van der Waals surface area contributed by atoms with Gasteiger partial charge in [-0.1, -0.05) is 12.1 Å². The van der Waals surface area contributed by atoms with E-state index in [0.717, 1.165) is 103 Å². The number of hydrogen-bond acceptors (Lipinski definition) is 8. The molecule has 0 spiro atoms. The molecule has 3 heterocycles. The average molecular weight is 451 g/mol. The molecule has 0 unspecified atom stereocenters. The average Bonchev–Trinajstić information content (AvgIpc) is 2.78. The van der Waals surface area contributed by atoms with Crippen molar-refractivity contribution in [2.75, 3.05) is 119 Å². The fourth-order valence-corrected chi connectivity index (χ4v) is 3.81. The maximum Gasteiger partial charge on any atom is 0.161 e. The molecule has 0 aromatic heterocycles. The number of likely N-dealkylation sites (N-methyl/N-ethyl adjacent to an activating group) is 2.